The summed E-state index contributed by atoms with van der Waals surface area (Å²) in [5.74, 6) is -0.752. The summed E-state index contributed by atoms with van der Waals surface area (Å²) in [6, 6.07) is 8.66. The summed E-state index contributed by atoms with van der Waals surface area (Å²) in [5.41, 5.74) is 1.59. The molecule has 1 aliphatic rings. The molecule has 1 saturated carbocycles. The minimum atomic E-state index is -1.28. The van der Waals surface area contributed by atoms with E-state index in [4.69, 9.17) is 16.3 Å². The average molecular weight is 445 g/mol. The second kappa shape index (κ2) is 8.81. The van der Waals surface area contributed by atoms with Crippen LogP contribution in [0.25, 0.3) is 11.1 Å². The van der Waals surface area contributed by atoms with Crippen LogP contribution in [0.15, 0.2) is 55.0 Å². The molecule has 1 unspecified atom stereocenters. The van der Waals surface area contributed by atoms with Crippen molar-refractivity contribution in [3.63, 3.8) is 0 Å². The van der Waals surface area contributed by atoms with E-state index in [-0.39, 0.29) is 23.6 Å². The zero-order chi connectivity index (χ0) is 22.0. The number of hydrogen-bond acceptors (Lipinski definition) is 6. The molecule has 31 heavy (non-hydrogen) atoms. The Morgan fingerprint density at radius 1 is 1.29 bits per heavy atom. The van der Waals surface area contributed by atoms with Gasteiger partial charge in [0.1, 0.15) is 17.4 Å². The Morgan fingerprint density at radius 2 is 2.06 bits per heavy atom. The molecule has 0 amide bonds. The number of non-ortho nitro benzene ring substituents is 1. The molecule has 2 heterocycles. The first-order chi connectivity index (χ1) is 14.9. The summed E-state index contributed by atoms with van der Waals surface area (Å²) in [6.45, 7) is 0.476. The molecule has 2 aromatic heterocycles. The van der Waals surface area contributed by atoms with Crippen molar-refractivity contribution in [2.75, 3.05) is 0 Å². The fourth-order valence-corrected chi connectivity index (χ4v) is 3.94. The van der Waals surface area contributed by atoms with Crippen molar-refractivity contribution < 1.29 is 18.8 Å². The fraction of sp³-hybridized carbons (Fsp3) is 0.286. The highest BCUT2D eigenvalue weighted by atomic mass is 35.5. The highest BCUT2D eigenvalue weighted by Crippen LogP contribution is 2.33. The summed E-state index contributed by atoms with van der Waals surface area (Å²) in [5, 5.41) is 15.4. The van der Waals surface area contributed by atoms with Gasteiger partial charge >= 0.3 is 5.97 Å². The minimum Gasteiger partial charge on any atom is -0.456 e. The molecule has 8 nitrogen and oxygen atoms in total. The first kappa shape index (κ1) is 20.9. The maximum atomic E-state index is 14.5. The highest BCUT2D eigenvalue weighted by molar-refractivity contribution is 6.32. The number of halogens is 2. The molecule has 0 bridgehead atoms. The molecule has 0 spiro atoms. The molecule has 160 valence electrons. The third-order valence-electron chi connectivity index (χ3n) is 5.25. The molecular weight excluding hydrogens is 427 g/mol. The Kier molecular flexibility index (Phi) is 5.94. The number of pyridine rings is 1. The molecule has 4 rings (SSSR count). The third kappa shape index (κ3) is 4.72. The van der Waals surface area contributed by atoms with Crippen molar-refractivity contribution in [2.24, 2.45) is 5.92 Å². The molecule has 0 radical (unpaired) electrons. The number of nitrogens with zero attached hydrogens (tertiary/aromatic N) is 4. The molecular formula is C21H18ClFN4O4. The van der Waals surface area contributed by atoms with Gasteiger partial charge < -0.3 is 4.74 Å². The number of rotatable bonds is 6. The van der Waals surface area contributed by atoms with E-state index < -0.39 is 23.2 Å². The average Bonchev–Trinajstić information content (AvgIpc) is 3.35. The number of hydrogen-bond donors (Lipinski definition) is 0. The first-order valence-corrected chi connectivity index (χ1v) is 10.0. The predicted molar refractivity (Wildman–Crippen MR) is 110 cm³/mol. The van der Waals surface area contributed by atoms with Crippen LogP contribution in [-0.4, -0.2) is 37.9 Å². The Morgan fingerprint density at radius 3 is 2.77 bits per heavy atom. The molecule has 1 aliphatic carbocycles. The van der Waals surface area contributed by atoms with Gasteiger partial charge in [-0.05, 0) is 43.0 Å². The SMILES string of the molecule is O=C(O[C@@H]1CC(Cn2cc(-c3cccnc3Cl)cn2)C[C@@H]1F)c1ccc([N+](=O)[O-])cc1. The van der Waals surface area contributed by atoms with Gasteiger partial charge in [-0.2, -0.15) is 5.10 Å². The standard InChI is InChI=1S/C21H18ClFN4O4/c22-20-17(2-1-7-24-20)15-10-25-26(12-15)11-13-8-18(23)19(9-13)31-21(28)14-3-5-16(6-4-14)27(29)30/h1-7,10,12-13,18-19H,8-9,11H2/t13?,18-,19+/m0/s1. The quantitative estimate of drug-likeness (QED) is 0.240. The van der Waals surface area contributed by atoms with Gasteiger partial charge in [0, 0.05) is 42.2 Å². The van der Waals surface area contributed by atoms with Gasteiger partial charge in [0.05, 0.1) is 16.7 Å². The predicted octanol–water partition coefficient (Wildman–Crippen LogP) is 4.48. The van der Waals surface area contributed by atoms with E-state index in [0.29, 0.717) is 18.1 Å². The zero-order valence-electron chi connectivity index (χ0n) is 16.2. The number of nitro groups is 1. The first-order valence-electron chi connectivity index (χ1n) is 9.63. The second-order valence-electron chi connectivity index (χ2n) is 7.39. The van der Waals surface area contributed by atoms with Crippen LogP contribution < -0.4 is 0 Å². The van der Waals surface area contributed by atoms with Crippen LogP contribution in [0.2, 0.25) is 5.15 Å². The Labute approximate surface area is 181 Å². The molecule has 3 aromatic rings. The summed E-state index contributed by atoms with van der Waals surface area (Å²) in [7, 11) is 0. The van der Waals surface area contributed by atoms with Gasteiger partial charge in [-0.25, -0.2) is 14.2 Å². The minimum absolute atomic E-state index is 0.0539. The van der Waals surface area contributed by atoms with E-state index in [1.54, 1.807) is 23.1 Å². The van der Waals surface area contributed by atoms with Gasteiger partial charge in [0.15, 0.2) is 0 Å². The van der Waals surface area contributed by atoms with E-state index in [0.717, 1.165) is 11.1 Å². The number of carbonyl (C=O) groups excluding carboxylic acids is 1. The number of ether oxygens (including phenoxy) is 1. The Balaban J connectivity index is 1.36. The number of carbonyl (C=O) groups is 1. The molecule has 3 atom stereocenters. The highest BCUT2D eigenvalue weighted by Gasteiger charge is 2.37. The number of aromatic nitrogens is 3. The molecule has 0 N–H and O–H groups in total. The largest absolute Gasteiger partial charge is 0.456 e. The maximum absolute atomic E-state index is 14.5. The number of esters is 1. The van der Waals surface area contributed by atoms with E-state index in [9.17, 15) is 19.3 Å². The van der Waals surface area contributed by atoms with Gasteiger partial charge in [-0.3, -0.25) is 14.8 Å². The van der Waals surface area contributed by atoms with Crippen LogP contribution >= 0.6 is 11.6 Å². The lowest BCUT2D eigenvalue weighted by molar-refractivity contribution is -0.384. The number of nitro benzene ring substituents is 1. The van der Waals surface area contributed by atoms with Crippen LogP contribution in [0.5, 0.6) is 0 Å². The number of alkyl halides is 1. The lowest BCUT2D eigenvalue weighted by Gasteiger charge is -2.14. The van der Waals surface area contributed by atoms with Crippen LogP contribution in [0.4, 0.5) is 10.1 Å². The van der Waals surface area contributed by atoms with Crippen molar-refractivity contribution in [1.82, 2.24) is 14.8 Å². The Hall–Kier alpha value is -3.33. The molecule has 1 fully saturated rings. The van der Waals surface area contributed by atoms with Crippen molar-refractivity contribution in [2.45, 2.75) is 31.7 Å². The van der Waals surface area contributed by atoms with Gasteiger partial charge in [0.2, 0.25) is 0 Å². The monoisotopic (exact) mass is 444 g/mol. The molecule has 10 heteroatoms. The maximum Gasteiger partial charge on any atom is 0.338 e. The summed E-state index contributed by atoms with van der Waals surface area (Å²) in [6.07, 6.45) is 3.58. The zero-order valence-corrected chi connectivity index (χ0v) is 17.0. The fourth-order valence-electron chi connectivity index (χ4n) is 3.71. The van der Waals surface area contributed by atoms with E-state index in [1.165, 1.54) is 24.3 Å². The van der Waals surface area contributed by atoms with Crippen LogP contribution in [0.3, 0.4) is 0 Å². The molecule has 1 aromatic carbocycles. The number of benzene rings is 1. The lowest BCUT2D eigenvalue weighted by atomic mass is 10.1. The van der Waals surface area contributed by atoms with Gasteiger partial charge in [-0.1, -0.05) is 11.6 Å². The van der Waals surface area contributed by atoms with Crippen LogP contribution in [-0.2, 0) is 11.3 Å². The topological polar surface area (TPSA) is 100 Å². The van der Waals surface area contributed by atoms with Gasteiger partial charge in [-0.15, -0.1) is 0 Å². The summed E-state index contributed by atoms with van der Waals surface area (Å²) in [4.78, 5) is 26.5. The van der Waals surface area contributed by atoms with Crippen molar-refractivity contribution >= 4 is 23.3 Å². The van der Waals surface area contributed by atoms with E-state index in [2.05, 4.69) is 10.1 Å². The van der Waals surface area contributed by atoms with Crippen molar-refractivity contribution in [3.05, 3.63) is 75.8 Å². The van der Waals surface area contributed by atoms with Gasteiger partial charge in [0.25, 0.3) is 5.69 Å². The second-order valence-corrected chi connectivity index (χ2v) is 7.75. The summed E-state index contributed by atoms with van der Waals surface area (Å²) < 4.78 is 21.5. The van der Waals surface area contributed by atoms with Crippen LogP contribution in [0, 0.1) is 16.0 Å². The van der Waals surface area contributed by atoms with Crippen molar-refractivity contribution in [3.8, 4) is 11.1 Å². The van der Waals surface area contributed by atoms with Crippen LogP contribution in [0.1, 0.15) is 23.2 Å². The molecule has 0 saturated heterocycles. The smallest absolute Gasteiger partial charge is 0.338 e. The van der Waals surface area contributed by atoms with E-state index in [1.807, 2.05) is 12.3 Å². The van der Waals surface area contributed by atoms with E-state index >= 15 is 0 Å². The third-order valence-corrected chi connectivity index (χ3v) is 5.55. The Bertz CT molecular complexity index is 1100. The molecule has 0 aliphatic heterocycles. The summed E-state index contributed by atoms with van der Waals surface area (Å²) >= 11 is 6.12. The normalized spacial score (nSPS) is 20.5. The van der Waals surface area contributed by atoms with Crippen molar-refractivity contribution in [1.29, 1.82) is 0 Å². The lowest BCUT2D eigenvalue weighted by Crippen LogP contribution is -2.23.